The van der Waals surface area contributed by atoms with Crippen LogP contribution in [0.3, 0.4) is 0 Å². The Balaban J connectivity index is 3.43. The molecule has 0 fully saturated rings. The van der Waals surface area contributed by atoms with Crippen LogP contribution in [0.5, 0.6) is 0 Å². The molecule has 0 aliphatic heterocycles. The fraction of sp³-hybridized carbons (Fsp3) is 0.111. The van der Waals surface area contributed by atoms with Gasteiger partial charge in [-0.2, -0.15) is 0 Å². The molecule has 0 spiro atoms. The molecule has 0 atom stereocenters. The van der Waals surface area contributed by atoms with Crippen LogP contribution >= 0.6 is 15.9 Å². The van der Waals surface area contributed by atoms with Crippen LogP contribution in [0.2, 0.25) is 0 Å². The van der Waals surface area contributed by atoms with Crippen molar-refractivity contribution in [3.63, 3.8) is 0 Å². The third kappa shape index (κ3) is 2.78. The summed E-state index contributed by atoms with van der Waals surface area (Å²) >= 11 is 2.99. The maximum absolute atomic E-state index is 10.8. The Kier molecular flexibility index (Phi) is 3.79. The predicted octanol–water partition coefficient (Wildman–Crippen LogP) is 1.61. The summed E-state index contributed by atoms with van der Waals surface area (Å²) in [5.74, 6) is -5.26. The summed E-state index contributed by atoms with van der Waals surface area (Å²) in [6, 6.07) is 3.52. The first-order valence-electron chi connectivity index (χ1n) is 4.24. The molecule has 2 N–H and O–H groups in total. The zero-order valence-corrected chi connectivity index (χ0v) is 9.75. The van der Waals surface area contributed by atoms with Crippen molar-refractivity contribution in [3.05, 3.63) is 38.3 Å². The number of carboxylic acids is 2. The molecule has 0 amide bonds. The summed E-state index contributed by atoms with van der Waals surface area (Å²) in [5.41, 5.74) is -0.910. The second kappa shape index (κ2) is 4.91. The number of nitro benzene ring substituents is 1. The summed E-state index contributed by atoms with van der Waals surface area (Å²) in [4.78, 5) is 31.5. The molecule has 1 aromatic rings. The fourth-order valence-electron chi connectivity index (χ4n) is 1.29. The molecule has 0 aromatic heterocycles. The lowest BCUT2D eigenvalue weighted by Gasteiger charge is -2.08. The molecule has 8 heteroatoms. The van der Waals surface area contributed by atoms with Gasteiger partial charge in [-0.3, -0.25) is 19.7 Å². The number of carbonyl (C=O) groups is 2. The van der Waals surface area contributed by atoms with Crippen LogP contribution in [-0.4, -0.2) is 27.1 Å². The number of benzene rings is 1. The zero-order chi connectivity index (χ0) is 13.2. The van der Waals surface area contributed by atoms with Gasteiger partial charge in [-0.1, -0.05) is 15.9 Å². The first kappa shape index (κ1) is 13.1. The van der Waals surface area contributed by atoms with Gasteiger partial charge in [0.1, 0.15) is 0 Å². The van der Waals surface area contributed by atoms with Crippen molar-refractivity contribution in [2.75, 3.05) is 0 Å². The van der Waals surface area contributed by atoms with Crippen LogP contribution in [0.1, 0.15) is 11.5 Å². The molecule has 17 heavy (non-hydrogen) atoms. The summed E-state index contributed by atoms with van der Waals surface area (Å²) < 4.78 is 0.363. The van der Waals surface area contributed by atoms with Crippen LogP contribution in [0.15, 0.2) is 22.7 Å². The van der Waals surface area contributed by atoms with Gasteiger partial charge < -0.3 is 10.2 Å². The molecular formula is C9H6BrNO6. The highest BCUT2D eigenvalue weighted by atomic mass is 79.9. The average molecular weight is 304 g/mol. The van der Waals surface area contributed by atoms with E-state index in [0.29, 0.717) is 4.47 Å². The monoisotopic (exact) mass is 303 g/mol. The van der Waals surface area contributed by atoms with Crippen LogP contribution in [0.25, 0.3) is 0 Å². The van der Waals surface area contributed by atoms with E-state index in [-0.39, 0.29) is 5.56 Å². The van der Waals surface area contributed by atoms with Crippen molar-refractivity contribution < 1.29 is 24.7 Å². The fourth-order valence-corrected chi connectivity index (χ4v) is 1.64. The smallest absolute Gasteiger partial charge is 0.322 e. The average Bonchev–Trinajstić information content (AvgIpc) is 2.19. The largest absolute Gasteiger partial charge is 0.480 e. The second-order valence-electron chi connectivity index (χ2n) is 3.07. The molecule has 0 unspecified atom stereocenters. The maximum Gasteiger partial charge on any atom is 0.322 e. The van der Waals surface area contributed by atoms with Crippen molar-refractivity contribution in [2.45, 2.75) is 5.92 Å². The Morgan fingerprint density at radius 3 is 2.24 bits per heavy atom. The summed E-state index contributed by atoms with van der Waals surface area (Å²) in [7, 11) is 0. The lowest BCUT2D eigenvalue weighted by molar-refractivity contribution is -0.385. The molecular weight excluding hydrogens is 298 g/mol. The van der Waals surface area contributed by atoms with Crippen LogP contribution in [-0.2, 0) is 9.59 Å². The lowest BCUT2D eigenvalue weighted by atomic mass is 9.98. The van der Waals surface area contributed by atoms with Crippen LogP contribution in [0.4, 0.5) is 5.69 Å². The van der Waals surface area contributed by atoms with E-state index in [1.54, 1.807) is 0 Å². The number of hydrogen-bond acceptors (Lipinski definition) is 4. The second-order valence-corrected chi connectivity index (χ2v) is 3.99. The van der Waals surface area contributed by atoms with E-state index in [2.05, 4.69) is 15.9 Å². The van der Waals surface area contributed by atoms with Gasteiger partial charge >= 0.3 is 11.9 Å². The Bertz CT molecular complexity index is 486. The minimum atomic E-state index is -1.96. The Morgan fingerprint density at radius 1 is 1.29 bits per heavy atom. The number of aliphatic carboxylic acids is 2. The van der Waals surface area contributed by atoms with E-state index < -0.39 is 28.5 Å². The highest BCUT2D eigenvalue weighted by Gasteiger charge is 2.34. The quantitative estimate of drug-likeness (QED) is 0.495. The Hall–Kier alpha value is -1.96. The molecule has 7 nitrogen and oxygen atoms in total. The van der Waals surface area contributed by atoms with Crippen molar-refractivity contribution in [2.24, 2.45) is 0 Å². The van der Waals surface area contributed by atoms with Crippen LogP contribution in [0, 0.1) is 10.1 Å². The van der Waals surface area contributed by atoms with E-state index in [1.165, 1.54) is 6.07 Å². The van der Waals surface area contributed by atoms with E-state index >= 15 is 0 Å². The first-order chi connectivity index (χ1) is 7.84. The SMILES string of the molecule is O=C(O)C(C(=O)O)c1ccc(Br)cc1[N+](=O)[O-]. The molecule has 90 valence electrons. The van der Waals surface area contributed by atoms with E-state index in [0.717, 1.165) is 12.1 Å². The molecule has 1 aromatic carbocycles. The summed E-state index contributed by atoms with van der Waals surface area (Å²) in [5, 5.41) is 28.2. The topological polar surface area (TPSA) is 118 Å². The minimum absolute atomic E-state index is 0.363. The number of nitro groups is 1. The third-order valence-corrected chi connectivity index (χ3v) is 2.49. The van der Waals surface area contributed by atoms with Gasteiger partial charge in [0.05, 0.1) is 10.5 Å². The molecule has 0 aliphatic rings. The van der Waals surface area contributed by atoms with E-state index in [9.17, 15) is 19.7 Å². The van der Waals surface area contributed by atoms with Crippen molar-refractivity contribution in [1.29, 1.82) is 0 Å². The van der Waals surface area contributed by atoms with Crippen LogP contribution < -0.4 is 0 Å². The van der Waals surface area contributed by atoms with Gasteiger partial charge in [-0.05, 0) is 12.1 Å². The first-order valence-corrected chi connectivity index (χ1v) is 5.03. The highest BCUT2D eigenvalue weighted by Crippen LogP contribution is 2.30. The number of rotatable bonds is 4. The zero-order valence-electron chi connectivity index (χ0n) is 8.16. The summed E-state index contributed by atoms with van der Waals surface area (Å²) in [6.07, 6.45) is 0. The normalized spacial score (nSPS) is 10.2. The van der Waals surface area contributed by atoms with Gasteiger partial charge in [-0.25, -0.2) is 0 Å². The standard InChI is InChI=1S/C9H6BrNO6/c10-4-1-2-5(6(3-4)11(16)17)7(8(12)13)9(14)15/h1-3,7H,(H,12,13)(H,14,15). The number of carboxylic acid groups (broad SMARTS) is 2. The van der Waals surface area contributed by atoms with Gasteiger partial charge in [0.2, 0.25) is 0 Å². The molecule has 0 radical (unpaired) electrons. The molecule has 1 rings (SSSR count). The van der Waals surface area contributed by atoms with E-state index in [4.69, 9.17) is 10.2 Å². The van der Waals surface area contributed by atoms with Gasteiger partial charge in [0.25, 0.3) is 5.69 Å². The van der Waals surface area contributed by atoms with Crippen molar-refractivity contribution in [3.8, 4) is 0 Å². The Labute approximate surface area is 103 Å². The van der Waals surface area contributed by atoms with E-state index in [1.807, 2.05) is 0 Å². The van der Waals surface area contributed by atoms with Gasteiger partial charge in [0.15, 0.2) is 5.92 Å². The molecule has 0 saturated carbocycles. The van der Waals surface area contributed by atoms with Crippen molar-refractivity contribution in [1.82, 2.24) is 0 Å². The predicted molar refractivity (Wildman–Crippen MR) is 58.8 cm³/mol. The molecule has 0 heterocycles. The number of halogens is 1. The molecule has 0 bridgehead atoms. The number of nitrogens with zero attached hydrogens (tertiary/aromatic N) is 1. The minimum Gasteiger partial charge on any atom is -0.480 e. The third-order valence-electron chi connectivity index (χ3n) is 1.99. The highest BCUT2D eigenvalue weighted by molar-refractivity contribution is 9.10. The summed E-state index contributed by atoms with van der Waals surface area (Å²) in [6.45, 7) is 0. The Morgan fingerprint density at radius 2 is 1.82 bits per heavy atom. The van der Waals surface area contributed by atoms with Crippen molar-refractivity contribution >= 4 is 33.6 Å². The lowest BCUT2D eigenvalue weighted by Crippen LogP contribution is -2.22. The van der Waals surface area contributed by atoms with Gasteiger partial charge in [-0.15, -0.1) is 0 Å². The van der Waals surface area contributed by atoms with Gasteiger partial charge in [0, 0.05) is 10.5 Å². The maximum atomic E-state index is 10.8. The number of hydrogen-bond donors (Lipinski definition) is 2. The molecule has 0 aliphatic carbocycles. The molecule has 0 saturated heterocycles.